The first kappa shape index (κ1) is 26.2. The first-order chi connectivity index (χ1) is 13.0. The summed E-state index contributed by atoms with van der Waals surface area (Å²) in [5.41, 5.74) is 5.84. The zero-order valence-electron chi connectivity index (χ0n) is 17.2. The van der Waals surface area contributed by atoms with Crippen molar-refractivity contribution in [1.82, 2.24) is 16.0 Å². The van der Waals surface area contributed by atoms with E-state index in [1.165, 1.54) is 6.92 Å². The fraction of sp³-hybridized carbons (Fsp3) is 0.778. The van der Waals surface area contributed by atoms with Crippen LogP contribution in [0.3, 0.4) is 0 Å². The molecule has 0 heterocycles. The van der Waals surface area contributed by atoms with E-state index in [-0.39, 0.29) is 17.6 Å². The van der Waals surface area contributed by atoms with E-state index in [0.29, 0.717) is 6.42 Å². The summed E-state index contributed by atoms with van der Waals surface area (Å²) in [5, 5.41) is 16.7. The van der Waals surface area contributed by atoms with E-state index in [0.717, 1.165) is 6.42 Å². The number of rotatable bonds is 12. The summed E-state index contributed by atoms with van der Waals surface area (Å²) in [4.78, 5) is 48.2. The molecule has 0 aliphatic rings. The lowest BCUT2D eigenvalue weighted by Crippen LogP contribution is -2.58. The third kappa shape index (κ3) is 8.05. The van der Waals surface area contributed by atoms with Gasteiger partial charge in [0.15, 0.2) is 0 Å². The Morgan fingerprint density at radius 2 is 1.43 bits per heavy atom. The van der Waals surface area contributed by atoms with Gasteiger partial charge in [-0.05, 0) is 18.8 Å². The third-order valence-electron chi connectivity index (χ3n) is 4.90. The summed E-state index contributed by atoms with van der Waals surface area (Å²) in [5.74, 6) is -3.19. The SMILES string of the molecule is CCC(C)C(N)C(=O)NC(C)C(=O)NC(CS)C(=O)NC(C(=O)O)C(C)CC. The minimum absolute atomic E-state index is 0.0303. The number of carboxylic acids is 1. The van der Waals surface area contributed by atoms with E-state index >= 15 is 0 Å². The first-order valence-electron chi connectivity index (χ1n) is 9.50. The molecule has 3 amide bonds. The van der Waals surface area contributed by atoms with Gasteiger partial charge in [-0.1, -0.05) is 40.5 Å². The molecular weight excluding hydrogens is 384 g/mol. The van der Waals surface area contributed by atoms with Gasteiger partial charge in [0.05, 0.1) is 6.04 Å². The summed E-state index contributed by atoms with van der Waals surface area (Å²) in [7, 11) is 0. The highest BCUT2D eigenvalue weighted by Gasteiger charge is 2.30. The Hall–Kier alpha value is -1.81. The van der Waals surface area contributed by atoms with Crippen molar-refractivity contribution < 1.29 is 24.3 Å². The average Bonchev–Trinajstić information content (AvgIpc) is 2.67. The maximum absolute atomic E-state index is 12.4. The predicted octanol–water partition coefficient (Wildman–Crippen LogP) is -0.105. The molecule has 0 aliphatic carbocycles. The van der Waals surface area contributed by atoms with Gasteiger partial charge in [-0.15, -0.1) is 0 Å². The number of nitrogens with one attached hydrogen (secondary N) is 3. The standard InChI is InChI=1S/C18H34N4O5S/c1-6-9(3)13(19)17(25)20-11(5)15(23)21-12(8-28)16(24)22-14(18(26)27)10(4)7-2/h9-14,28H,6-8,19H2,1-5H3,(H,20,25)(H,21,23)(H,22,24)(H,26,27). The van der Waals surface area contributed by atoms with Crippen molar-refractivity contribution >= 4 is 36.3 Å². The first-order valence-corrected chi connectivity index (χ1v) is 10.1. The lowest BCUT2D eigenvalue weighted by Gasteiger charge is -2.25. The van der Waals surface area contributed by atoms with Gasteiger partial charge in [0, 0.05) is 5.75 Å². The monoisotopic (exact) mass is 418 g/mol. The van der Waals surface area contributed by atoms with Crippen LogP contribution in [0.25, 0.3) is 0 Å². The second-order valence-electron chi connectivity index (χ2n) is 7.10. The van der Waals surface area contributed by atoms with Gasteiger partial charge in [0.2, 0.25) is 17.7 Å². The molecule has 6 atom stereocenters. The molecule has 0 aliphatic heterocycles. The van der Waals surface area contributed by atoms with Gasteiger partial charge in [-0.25, -0.2) is 4.79 Å². The molecule has 9 nitrogen and oxygen atoms in total. The number of hydrogen-bond donors (Lipinski definition) is 6. The lowest BCUT2D eigenvalue weighted by atomic mass is 9.99. The molecule has 0 bridgehead atoms. The van der Waals surface area contributed by atoms with Gasteiger partial charge in [0.1, 0.15) is 18.1 Å². The highest BCUT2D eigenvalue weighted by atomic mass is 32.1. The van der Waals surface area contributed by atoms with Crippen LogP contribution in [0, 0.1) is 11.8 Å². The van der Waals surface area contributed by atoms with Crippen LogP contribution in [-0.4, -0.2) is 58.7 Å². The molecule has 0 spiro atoms. The van der Waals surface area contributed by atoms with Gasteiger partial charge >= 0.3 is 5.97 Å². The topological polar surface area (TPSA) is 151 Å². The molecule has 6 N–H and O–H groups in total. The number of carbonyl (C=O) groups is 4. The van der Waals surface area contributed by atoms with Gasteiger partial charge in [-0.3, -0.25) is 14.4 Å². The van der Waals surface area contributed by atoms with Gasteiger partial charge in [-0.2, -0.15) is 12.6 Å². The van der Waals surface area contributed by atoms with Crippen LogP contribution in [0.1, 0.15) is 47.5 Å². The van der Waals surface area contributed by atoms with Crippen LogP contribution >= 0.6 is 12.6 Å². The molecule has 0 fully saturated rings. The Balaban J connectivity index is 4.91. The molecule has 0 aromatic heterocycles. The second-order valence-corrected chi connectivity index (χ2v) is 7.46. The number of hydrogen-bond acceptors (Lipinski definition) is 6. The zero-order chi connectivity index (χ0) is 22.0. The van der Waals surface area contributed by atoms with Crippen molar-refractivity contribution in [2.75, 3.05) is 5.75 Å². The maximum atomic E-state index is 12.4. The predicted molar refractivity (Wildman–Crippen MR) is 110 cm³/mol. The lowest BCUT2D eigenvalue weighted by molar-refractivity contribution is -0.143. The van der Waals surface area contributed by atoms with Crippen LogP contribution in [0.2, 0.25) is 0 Å². The number of carboxylic acid groups (broad SMARTS) is 1. The molecular formula is C18H34N4O5S. The Bertz CT molecular complexity index is 560. The molecule has 6 unspecified atom stereocenters. The summed E-state index contributed by atoms with van der Waals surface area (Å²) in [6.45, 7) is 8.76. The Kier molecular flexibility index (Phi) is 11.8. The van der Waals surface area contributed by atoms with Crippen molar-refractivity contribution in [3.05, 3.63) is 0 Å². The zero-order valence-corrected chi connectivity index (χ0v) is 18.1. The van der Waals surface area contributed by atoms with Crippen LogP contribution in [0.4, 0.5) is 0 Å². The fourth-order valence-corrected chi connectivity index (χ4v) is 2.57. The van der Waals surface area contributed by atoms with Crippen LogP contribution in [0.5, 0.6) is 0 Å². The van der Waals surface area contributed by atoms with E-state index < -0.39 is 47.9 Å². The average molecular weight is 419 g/mol. The number of nitrogens with two attached hydrogens (primary N) is 1. The molecule has 0 rings (SSSR count). The van der Waals surface area contributed by atoms with Gasteiger partial charge in [0.25, 0.3) is 0 Å². The van der Waals surface area contributed by atoms with E-state index in [4.69, 9.17) is 5.73 Å². The highest BCUT2D eigenvalue weighted by molar-refractivity contribution is 7.80. The maximum Gasteiger partial charge on any atom is 0.326 e. The molecule has 162 valence electrons. The number of carbonyl (C=O) groups excluding carboxylic acids is 3. The quantitative estimate of drug-likeness (QED) is 0.244. The molecule has 0 aromatic rings. The van der Waals surface area contributed by atoms with Crippen LogP contribution < -0.4 is 21.7 Å². The van der Waals surface area contributed by atoms with E-state index in [2.05, 4.69) is 28.6 Å². The summed E-state index contributed by atoms with van der Waals surface area (Å²) < 4.78 is 0. The van der Waals surface area contributed by atoms with E-state index in [1.807, 2.05) is 20.8 Å². The normalized spacial score (nSPS) is 17.4. The third-order valence-corrected chi connectivity index (χ3v) is 5.27. The van der Waals surface area contributed by atoms with Crippen molar-refractivity contribution in [3.63, 3.8) is 0 Å². The smallest absolute Gasteiger partial charge is 0.326 e. The fourth-order valence-electron chi connectivity index (χ4n) is 2.32. The molecule has 10 heteroatoms. The summed E-state index contributed by atoms with van der Waals surface area (Å²) in [6.07, 6.45) is 1.28. The van der Waals surface area contributed by atoms with E-state index in [1.54, 1.807) is 6.92 Å². The molecule has 0 saturated carbocycles. The molecule has 0 radical (unpaired) electrons. The Labute approximate surface area is 172 Å². The number of thiol groups is 1. The minimum Gasteiger partial charge on any atom is -0.480 e. The van der Waals surface area contributed by atoms with Crippen molar-refractivity contribution in [2.45, 2.75) is 71.6 Å². The molecule has 0 saturated heterocycles. The second kappa shape index (κ2) is 12.6. The summed E-state index contributed by atoms with van der Waals surface area (Å²) >= 11 is 4.06. The van der Waals surface area contributed by atoms with Crippen LogP contribution in [-0.2, 0) is 19.2 Å². The number of aliphatic carboxylic acids is 1. The van der Waals surface area contributed by atoms with Gasteiger partial charge < -0.3 is 26.8 Å². The highest BCUT2D eigenvalue weighted by Crippen LogP contribution is 2.09. The van der Waals surface area contributed by atoms with Crippen molar-refractivity contribution in [1.29, 1.82) is 0 Å². The Morgan fingerprint density at radius 1 is 0.893 bits per heavy atom. The van der Waals surface area contributed by atoms with Crippen molar-refractivity contribution in [2.24, 2.45) is 17.6 Å². The Morgan fingerprint density at radius 3 is 1.86 bits per heavy atom. The summed E-state index contributed by atoms with van der Waals surface area (Å²) in [6, 6.07) is -3.76. The largest absolute Gasteiger partial charge is 0.480 e. The van der Waals surface area contributed by atoms with E-state index in [9.17, 15) is 24.3 Å². The molecule has 0 aromatic carbocycles. The molecule has 28 heavy (non-hydrogen) atoms. The van der Waals surface area contributed by atoms with Crippen LogP contribution in [0.15, 0.2) is 0 Å². The minimum atomic E-state index is -1.15. The number of amides is 3. The van der Waals surface area contributed by atoms with Crippen molar-refractivity contribution in [3.8, 4) is 0 Å².